The molecule has 0 atom stereocenters. The second-order valence-corrected chi connectivity index (χ2v) is 1.50. The lowest BCUT2D eigenvalue weighted by atomic mass is 10.6. The highest BCUT2D eigenvalue weighted by atomic mass is 32.2. The molecule has 0 saturated carbocycles. The van der Waals surface area contributed by atoms with Crippen molar-refractivity contribution in [2.24, 2.45) is 0 Å². The van der Waals surface area contributed by atoms with Gasteiger partial charge in [-0.25, -0.2) is 0 Å². The van der Waals surface area contributed by atoms with Crippen molar-refractivity contribution in [2.45, 2.75) is 0 Å². The molecule has 0 fully saturated rings. The number of rotatable bonds is 0. The average molecular weight is 100 g/mol. The fourth-order valence-electron chi connectivity index (χ4n) is 0.201. The summed E-state index contributed by atoms with van der Waals surface area (Å²) in [5.41, 5.74) is 0. The Morgan fingerprint density at radius 2 is 2.67 bits per heavy atom. The van der Waals surface area contributed by atoms with Crippen molar-refractivity contribution < 1.29 is 4.79 Å². The fourth-order valence-corrected chi connectivity index (χ4v) is 0.604. The van der Waals surface area contributed by atoms with Gasteiger partial charge in [-0.05, 0) is 5.41 Å². The van der Waals surface area contributed by atoms with Crippen LogP contribution in [0.4, 0.5) is 0 Å². The van der Waals surface area contributed by atoms with Crippen LogP contribution in [0.2, 0.25) is 0 Å². The highest BCUT2D eigenvalue weighted by molar-refractivity contribution is 8.01. The van der Waals surface area contributed by atoms with Gasteiger partial charge in [0.15, 0.2) is 0 Å². The van der Waals surface area contributed by atoms with Crippen molar-refractivity contribution in [3.05, 3.63) is 11.5 Å². The maximum absolute atomic E-state index is 9.97. The van der Waals surface area contributed by atoms with Crippen LogP contribution in [0.15, 0.2) is 11.5 Å². The molecule has 1 amide bonds. The molecule has 0 unspecified atom stereocenters. The fraction of sp³-hybridized carbons (Fsp3) is 0. The molecule has 0 saturated heterocycles. The second-order valence-electron chi connectivity index (χ2n) is 0.838. The van der Waals surface area contributed by atoms with Crippen LogP contribution in [0.5, 0.6) is 0 Å². The van der Waals surface area contributed by atoms with E-state index >= 15 is 0 Å². The lowest BCUT2D eigenvalue weighted by molar-refractivity contribution is -0.114. The van der Waals surface area contributed by atoms with E-state index in [1.165, 1.54) is 18.0 Å². The summed E-state index contributed by atoms with van der Waals surface area (Å²) in [6.45, 7) is 0. The van der Waals surface area contributed by atoms with Gasteiger partial charge < -0.3 is 0 Å². The number of hydrogen-bond acceptors (Lipinski definition) is 2. The van der Waals surface area contributed by atoms with Crippen LogP contribution >= 0.6 is 11.9 Å². The molecular weight excluding hydrogens is 98.1 g/mol. The molecule has 31 valence electrons. The van der Waals surface area contributed by atoms with Crippen molar-refractivity contribution in [3.8, 4) is 0 Å². The first kappa shape index (κ1) is 3.74. The number of nitrogens with zero attached hydrogens (tertiary/aromatic N) is 1. The molecule has 1 heterocycles. The molecule has 0 spiro atoms. The van der Waals surface area contributed by atoms with Gasteiger partial charge in [-0.1, -0.05) is 0 Å². The van der Waals surface area contributed by atoms with Crippen LogP contribution in [0, 0.1) is 0 Å². The van der Waals surface area contributed by atoms with E-state index in [1.807, 2.05) is 0 Å². The summed E-state index contributed by atoms with van der Waals surface area (Å²) < 4.78 is 3.40. The second kappa shape index (κ2) is 1.34. The van der Waals surface area contributed by atoms with Gasteiger partial charge in [0, 0.05) is 18.0 Å². The number of hydrogen-bond donors (Lipinski definition) is 0. The Balaban J connectivity index is 2.59. The Morgan fingerprint density at radius 1 is 1.83 bits per heavy atom. The van der Waals surface area contributed by atoms with Gasteiger partial charge in [0.05, 0.1) is 0 Å². The molecule has 1 aliphatic rings. The van der Waals surface area contributed by atoms with E-state index in [4.69, 9.17) is 0 Å². The molecule has 0 aromatic carbocycles. The van der Waals surface area contributed by atoms with Crippen LogP contribution in [-0.2, 0) is 4.79 Å². The molecule has 3 heteroatoms. The molecule has 2 nitrogen and oxygen atoms in total. The first-order valence-corrected chi connectivity index (χ1v) is 2.30. The predicted octanol–water partition coefficient (Wildman–Crippen LogP) is 0.293. The molecule has 1 aliphatic heterocycles. The van der Waals surface area contributed by atoms with Gasteiger partial charge in [-0.2, -0.15) is 4.72 Å². The third kappa shape index (κ3) is 0.542. The maximum Gasteiger partial charge on any atom is 0.277 e. The first-order valence-electron chi connectivity index (χ1n) is 1.47. The van der Waals surface area contributed by atoms with Gasteiger partial charge >= 0.3 is 0 Å². The van der Waals surface area contributed by atoms with E-state index in [-0.39, 0.29) is 5.91 Å². The molecule has 0 bridgehead atoms. The van der Waals surface area contributed by atoms with E-state index < -0.39 is 0 Å². The SMILES string of the molecule is O=C1C=CS[N]1. The summed E-state index contributed by atoms with van der Waals surface area (Å²) in [6, 6.07) is 0. The highest BCUT2D eigenvalue weighted by Gasteiger charge is 2.00. The minimum absolute atomic E-state index is 0.139. The van der Waals surface area contributed by atoms with Crippen LogP contribution in [0.3, 0.4) is 0 Å². The smallest absolute Gasteiger partial charge is 0.267 e. The third-order valence-electron chi connectivity index (χ3n) is 0.414. The average Bonchev–Trinajstić information content (AvgIpc) is 1.86. The van der Waals surface area contributed by atoms with Gasteiger partial charge in [0.2, 0.25) is 0 Å². The van der Waals surface area contributed by atoms with E-state index in [2.05, 4.69) is 4.72 Å². The summed E-state index contributed by atoms with van der Waals surface area (Å²) in [5, 5.41) is 1.66. The molecular formula is C3H2NOS. The van der Waals surface area contributed by atoms with Crippen molar-refractivity contribution in [2.75, 3.05) is 0 Å². The Morgan fingerprint density at radius 3 is 2.83 bits per heavy atom. The molecule has 0 N–H and O–H groups in total. The zero-order chi connectivity index (χ0) is 4.41. The number of carbonyl (C=O) groups excluding carboxylic acids is 1. The Kier molecular flexibility index (Phi) is 0.837. The molecule has 0 aliphatic carbocycles. The third-order valence-corrected chi connectivity index (χ3v) is 0.957. The summed E-state index contributed by atoms with van der Waals surface area (Å²) >= 11 is 1.18. The van der Waals surface area contributed by atoms with Gasteiger partial charge in [-0.15, -0.1) is 0 Å². The quantitative estimate of drug-likeness (QED) is 0.410. The Bertz CT molecular complexity index is 99.0. The van der Waals surface area contributed by atoms with Crippen LogP contribution in [0.25, 0.3) is 0 Å². The highest BCUT2D eigenvalue weighted by Crippen LogP contribution is 2.04. The minimum atomic E-state index is -0.139. The Labute approximate surface area is 39.7 Å². The topological polar surface area (TPSA) is 31.2 Å². The van der Waals surface area contributed by atoms with Crippen molar-refractivity contribution in [3.63, 3.8) is 0 Å². The first-order chi connectivity index (χ1) is 2.89. The summed E-state index contributed by atoms with van der Waals surface area (Å²) in [7, 11) is 0. The maximum atomic E-state index is 9.97. The van der Waals surface area contributed by atoms with Crippen molar-refractivity contribution >= 4 is 17.9 Å². The standard InChI is InChI=1S/C3H2NOS/c5-3-1-2-6-4-3/h1-2H. The van der Waals surface area contributed by atoms with Crippen LogP contribution in [-0.4, -0.2) is 5.91 Å². The monoisotopic (exact) mass is 100.0 g/mol. The van der Waals surface area contributed by atoms with E-state index in [1.54, 1.807) is 5.41 Å². The normalized spacial score (nSPS) is 18.3. The van der Waals surface area contributed by atoms with E-state index in [0.717, 1.165) is 0 Å². The van der Waals surface area contributed by atoms with E-state index in [0.29, 0.717) is 0 Å². The lowest BCUT2D eigenvalue weighted by Gasteiger charge is -1.73. The van der Waals surface area contributed by atoms with Crippen LogP contribution < -0.4 is 4.72 Å². The largest absolute Gasteiger partial charge is 0.277 e. The van der Waals surface area contributed by atoms with E-state index in [9.17, 15) is 4.79 Å². The summed E-state index contributed by atoms with van der Waals surface area (Å²) in [5.74, 6) is -0.139. The Hall–Kier alpha value is -0.440. The van der Waals surface area contributed by atoms with Gasteiger partial charge in [0.25, 0.3) is 5.91 Å². The molecule has 6 heavy (non-hydrogen) atoms. The van der Waals surface area contributed by atoms with Gasteiger partial charge in [0.1, 0.15) is 0 Å². The number of carbonyl (C=O) groups is 1. The summed E-state index contributed by atoms with van der Waals surface area (Å²) in [6.07, 6.45) is 1.44. The zero-order valence-electron chi connectivity index (χ0n) is 2.92. The molecule has 1 rings (SSSR count). The molecule has 0 aromatic rings. The van der Waals surface area contributed by atoms with Crippen LogP contribution in [0.1, 0.15) is 0 Å². The summed E-state index contributed by atoms with van der Waals surface area (Å²) in [4.78, 5) is 9.97. The predicted molar refractivity (Wildman–Crippen MR) is 23.9 cm³/mol. The zero-order valence-corrected chi connectivity index (χ0v) is 3.73. The number of amides is 1. The minimum Gasteiger partial charge on any atom is -0.267 e. The van der Waals surface area contributed by atoms with Crippen molar-refractivity contribution in [1.82, 2.24) is 4.72 Å². The van der Waals surface area contributed by atoms with Crippen molar-refractivity contribution in [1.29, 1.82) is 0 Å². The molecule has 1 radical (unpaired) electrons. The lowest BCUT2D eigenvalue weighted by Crippen LogP contribution is -1.95. The van der Waals surface area contributed by atoms with Gasteiger partial charge in [-0.3, -0.25) is 4.79 Å². The molecule has 0 aromatic heterocycles.